The lowest BCUT2D eigenvalue weighted by molar-refractivity contribution is 0.0702. The molecule has 1 heterocycles. The van der Waals surface area contributed by atoms with E-state index >= 15 is 0 Å². The molecule has 2 rings (SSSR count). The van der Waals surface area contributed by atoms with Crippen LogP contribution >= 0.6 is 11.3 Å². The van der Waals surface area contributed by atoms with Crippen molar-refractivity contribution in [2.75, 3.05) is 7.11 Å². The van der Waals surface area contributed by atoms with E-state index in [9.17, 15) is 4.79 Å². The molecule has 4 nitrogen and oxygen atoms in total. The number of aromatic carboxylic acids is 1. The molecule has 0 saturated heterocycles. The van der Waals surface area contributed by atoms with E-state index in [-0.39, 0.29) is 0 Å². The van der Waals surface area contributed by atoms with Gasteiger partial charge < -0.3 is 14.6 Å². The van der Waals surface area contributed by atoms with E-state index in [0.717, 1.165) is 11.3 Å². The van der Waals surface area contributed by atoms with Crippen LogP contribution in [0.1, 0.15) is 15.2 Å². The van der Waals surface area contributed by atoms with Gasteiger partial charge in [-0.05, 0) is 23.6 Å². The molecule has 1 aromatic heterocycles. The van der Waals surface area contributed by atoms with Gasteiger partial charge in [-0.3, -0.25) is 0 Å². The number of carboxylic acids is 1. The summed E-state index contributed by atoms with van der Waals surface area (Å²) >= 11 is 1.20. The molecule has 0 unspecified atom stereocenters. The largest absolute Gasteiger partial charge is 0.497 e. The van der Waals surface area contributed by atoms with Crippen LogP contribution in [0, 0.1) is 0 Å². The van der Waals surface area contributed by atoms with Gasteiger partial charge in [-0.2, -0.15) is 0 Å². The highest BCUT2D eigenvalue weighted by atomic mass is 32.1. The monoisotopic (exact) mass is 264 g/mol. The normalized spacial score (nSPS) is 10.1. The number of benzene rings is 1. The van der Waals surface area contributed by atoms with Crippen LogP contribution in [-0.2, 0) is 6.61 Å². The Bertz CT molecular complexity index is 547. The second kappa shape index (κ2) is 5.55. The van der Waals surface area contributed by atoms with E-state index in [1.807, 2.05) is 18.2 Å². The first-order valence-electron chi connectivity index (χ1n) is 5.26. The van der Waals surface area contributed by atoms with Crippen molar-refractivity contribution in [2.24, 2.45) is 0 Å². The van der Waals surface area contributed by atoms with Crippen LogP contribution in [0.5, 0.6) is 11.5 Å². The molecule has 0 aliphatic rings. The third kappa shape index (κ3) is 3.01. The smallest absolute Gasteiger partial charge is 0.345 e. The van der Waals surface area contributed by atoms with Crippen molar-refractivity contribution >= 4 is 17.3 Å². The van der Waals surface area contributed by atoms with Crippen molar-refractivity contribution < 1.29 is 19.4 Å². The van der Waals surface area contributed by atoms with Gasteiger partial charge in [-0.15, -0.1) is 11.3 Å². The molecule has 94 valence electrons. The Balaban J connectivity index is 1.99. The summed E-state index contributed by atoms with van der Waals surface area (Å²) in [5.74, 6) is 0.508. The maximum Gasteiger partial charge on any atom is 0.345 e. The van der Waals surface area contributed by atoms with Gasteiger partial charge >= 0.3 is 5.97 Å². The molecule has 1 aromatic carbocycles. The van der Waals surface area contributed by atoms with Crippen LogP contribution in [0.4, 0.5) is 0 Å². The molecule has 0 radical (unpaired) electrons. The Morgan fingerprint density at radius 3 is 2.78 bits per heavy atom. The van der Waals surface area contributed by atoms with Gasteiger partial charge in [0.05, 0.1) is 7.11 Å². The maximum atomic E-state index is 10.7. The highest BCUT2D eigenvalue weighted by Gasteiger charge is 2.07. The molecule has 5 heteroatoms. The molecule has 18 heavy (non-hydrogen) atoms. The Labute approximate surface area is 108 Å². The van der Waals surface area contributed by atoms with Crippen molar-refractivity contribution in [1.29, 1.82) is 0 Å². The lowest BCUT2D eigenvalue weighted by Gasteiger charge is -2.06. The van der Waals surface area contributed by atoms with Crippen LogP contribution in [-0.4, -0.2) is 18.2 Å². The van der Waals surface area contributed by atoms with E-state index in [1.54, 1.807) is 24.6 Å². The summed E-state index contributed by atoms with van der Waals surface area (Å²) in [6.45, 7) is 0.344. The predicted molar refractivity (Wildman–Crippen MR) is 68.6 cm³/mol. The zero-order valence-electron chi connectivity index (χ0n) is 9.75. The second-order valence-corrected chi connectivity index (χ2v) is 4.50. The summed E-state index contributed by atoms with van der Waals surface area (Å²) in [6, 6.07) is 8.90. The minimum absolute atomic E-state index is 0.319. The molecule has 0 aliphatic heterocycles. The van der Waals surface area contributed by atoms with Crippen LogP contribution in [0.2, 0.25) is 0 Å². The van der Waals surface area contributed by atoms with Crippen LogP contribution in [0.15, 0.2) is 35.7 Å². The SMILES string of the molecule is COc1cccc(OCc2csc(C(=O)O)c2)c1. The van der Waals surface area contributed by atoms with Gasteiger partial charge in [0, 0.05) is 11.6 Å². The van der Waals surface area contributed by atoms with Crippen molar-refractivity contribution in [3.8, 4) is 11.5 Å². The fourth-order valence-corrected chi connectivity index (χ4v) is 2.16. The summed E-state index contributed by atoms with van der Waals surface area (Å²) in [6.07, 6.45) is 0. The summed E-state index contributed by atoms with van der Waals surface area (Å²) in [7, 11) is 1.59. The number of carbonyl (C=O) groups is 1. The summed E-state index contributed by atoms with van der Waals surface area (Å²) in [5.41, 5.74) is 0.847. The summed E-state index contributed by atoms with van der Waals surface area (Å²) < 4.78 is 10.6. The van der Waals surface area contributed by atoms with Crippen molar-refractivity contribution in [2.45, 2.75) is 6.61 Å². The Kier molecular flexibility index (Phi) is 3.84. The zero-order valence-corrected chi connectivity index (χ0v) is 10.6. The molecule has 0 atom stereocenters. The molecule has 0 spiro atoms. The average Bonchev–Trinajstić information content (AvgIpc) is 2.85. The highest BCUT2D eigenvalue weighted by molar-refractivity contribution is 7.12. The van der Waals surface area contributed by atoms with E-state index in [1.165, 1.54) is 11.3 Å². The van der Waals surface area contributed by atoms with Crippen molar-refractivity contribution in [3.63, 3.8) is 0 Å². The lowest BCUT2D eigenvalue weighted by atomic mass is 10.3. The van der Waals surface area contributed by atoms with E-state index in [2.05, 4.69) is 0 Å². The first-order valence-corrected chi connectivity index (χ1v) is 6.14. The number of thiophene rings is 1. The number of methoxy groups -OCH3 is 1. The highest BCUT2D eigenvalue weighted by Crippen LogP contribution is 2.21. The fraction of sp³-hybridized carbons (Fsp3) is 0.154. The quantitative estimate of drug-likeness (QED) is 0.901. The van der Waals surface area contributed by atoms with Gasteiger partial charge in [0.25, 0.3) is 0 Å². The molecular weight excluding hydrogens is 252 g/mol. The Morgan fingerprint density at radius 1 is 1.33 bits per heavy atom. The Morgan fingerprint density at radius 2 is 2.11 bits per heavy atom. The minimum atomic E-state index is -0.910. The molecule has 0 saturated carbocycles. The number of ether oxygens (including phenoxy) is 2. The van der Waals surface area contributed by atoms with Crippen LogP contribution in [0.3, 0.4) is 0 Å². The number of rotatable bonds is 5. The molecule has 0 amide bonds. The van der Waals surface area contributed by atoms with Crippen molar-refractivity contribution in [1.82, 2.24) is 0 Å². The van der Waals surface area contributed by atoms with Crippen molar-refractivity contribution in [3.05, 3.63) is 46.2 Å². The van der Waals surface area contributed by atoms with Gasteiger partial charge in [0.15, 0.2) is 0 Å². The van der Waals surface area contributed by atoms with E-state index in [4.69, 9.17) is 14.6 Å². The Hall–Kier alpha value is -2.01. The second-order valence-electron chi connectivity index (χ2n) is 3.59. The maximum absolute atomic E-state index is 10.7. The minimum Gasteiger partial charge on any atom is -0.497 e. The number of hydrogen-bond acceptors (Lipinski definition) is 4. The average molecular weight is 264 g/mol. The molecule has 0 aliphatic carbocycles. The first kappa shape index (κ1) is 12.4. The fourth-order valence-electron chi connectivity index (χ4n) is 1.42. The third-order valence-electron chi connectivity index (χ3n) is 2.31. The predicted octanol–water partition coefficient (Wildman–Crippen LogP) is 3.03. The van der Waals surface area contributed by atoms with Crippen LogP contribution in [0.25, 0.3) is 0 Å². The van der Waals surface area contributed by atoms with E-state index < -0.39 is 5.97 Å². The van der Waals surface area contributed by atoms with Gasteiger partial charge in [-0.1, -0.05) is 6.07 Å². The van der Waals surface area contributed by atoms with E-state index in [0.29, 0.717) is 17.2 Å². The summed E-state index contributed by atoms with van der Waals surface area (Å²) in [5, 5.41) is 10.6. The molecule has 0 bridgehead atoms. The van der Waals surface area contributed by atoms with Gasteiger partial charge in [0.1, 0.15) is 23.0 Å². The number of carboxylic acid groups (broad SMARTS) is 1. The lowest BCUT2D eigenvalue weighted by Crippen LogP contribution is -1.95. The molecule has 0 fully saturated rings. The third-order valence-corrected chi connectivity index (χ3v) is 3.28. The zero-order chi connectivity index (χ0) is 13.0. The van der Waals surface area contributed by atoms with Gasteiger partial charge in [0.2, 0.25) is 0 Å². The number of hydrogen-bond donors (Lipinski definition) is 1. The standard InChI is InChI=1S/C13H12O4S/c1-16-10-3-2-4-11(6-10)17-7-9-5-12(13(14)15)18-8-9/h2-6,8H,7H2,1H3,(H,14,15). The van der Waals surface area contributed by atoms with Gasteiger partial charge in [-0.25, -0.2) is 4.79 Å². The van der Waals surface area contributed by atoms with Crippen LogP contribution < -0.4 is 9.47 Å². The molecule has 2 aromatic rings. The first-order chi connectivity index (χ1) is 8.69. The summed E-state index contributed by atoms with van der Waals surface area (Å²) in [4.78, 5) is 11.0. The molecular formula is C13H12O4S. The molecule has 1 N–H and O–H groups in total. The topological polar surface area (TPSA) is 55.8 Å².